The molecule has 0 aromatic heterocycles. The van der Waals surface area contributed by atoms with Crippen LogP contribution in [0.15, 0.2) is 0 Å². The lowest BCUT2D eigenvalue weighted by atomic mass is 9.85. The molecule has 1 heterocycles. The Kier molecular flexibility index (Phi) is 2.07. The van der Waals surface area contributed by atoms with Crippen LogP contribution in [0.2, 0.25) is 0 Å². The second-order valence-corrected chi connectivity index (χ2v) is 4.23. The maximum absolute atomic E-state index is 11.4. The molecule has 1 aliphatic heterocycles. The van der Waals surface area contributed by atoms with E-state index in [0.717, 1.165) is 25.3 Å². The quantitative estimate of drug-likeness (QED) is 0.614. The van der Waals surface area contributed by atoms with Crippen LogP contribution in [0, 0.1) is 5.92 Å². The minimum absolute atomic E-state index is 0.384. The number of hydrogen-bond acceptors (Lipinski definition) is 1. The third kappa shape index (κ3) is 1.35. The van der Waals surface area contributed by atoms with Gasteiger partial charge < -0.3 is 4.90 Å². The zero-order valence-corrected chi connectivity index (χ0v) is 7.75. The van der Waals surface area contributed by atoms with E-state index in [2.05, 4.69) is 11.8 Å². The van der Waals surface area contributed by atoms with E-state index in [9.17, 15) is 4.79 Å². The van der Waals surface area contributed by atoms with Gasteiger partial charge in [-0.05, 0) is 32.1 Å². The lowest BCUT2D eigenvalue weighted by Gasteiger charge is -2.32. The van der Waals surface area contributed by atoms with Gasteiger partial charge in [-0.3, -0.25) is 4.79 Å². The summed E-state index contributed by atoms with van der Waals surface area (Å²) < 4.78 is 0. The lowest BCUT2D eigenvalue weighted by molar-refractivity contribution is -0.129. The molecular formula is C10H17NO. The average molecular weight is 167 g/mol. The zero-order valence-electron chi connectivity index (χ0n) is 7.75. The molecule has 68 valence electrons. The van der Waals surface area contributed by atoms with Crippen molar-refractivity contribution in [2.75, 3.05) is 6.54 Å². The van der Waals surface area contributed by atoms with Crippen molar-refractivity contribution in [1.82, 2.24) is 4.90 Å². The second-order valence-electron chi connectivity index (χ2n) is 4.23. The van der Waals surface area contributed by atoms with Crippen LogP contribution in [0.1, 0.15) is 39.0 Å². The second kappa shape index (κ2) is 3.08. The fourth-order valence-corrected chi connectivity index (χ4v) is 2.11. The summed E-state index contributed by atoms with van der Waals surface area (Å²) in [6.45, 7) is 3.21. The molecule has 12 heavy (non-hydrogen) atoms. The highest BCUT2D eigenvalue weighted by molar-refractivity contribution is 5.78. The number of carbonyl (C=O) groups excluding carboxylic acids is 1. The Balaban J connectivity index is 1.88. The van der Waals surface area contributed by atoms with Gasteiger partial charge in [-0.2, -0.15) is 0 Å². The Morgan fingerprint density at radius 3 is 2.58 bits per heavy atom. The summed E-state index contributed by atoms with van der Waals surface area (Å²) in [5.74, 6) is 1.21. The fraction of sp³-hybridized carbons (Fsp3) is 0.900. The van der Waals surface area contributed by atoms with Crippen molar-refractivity contribution in [2.24, 2.45) is 5.92 Å². The predicted octanol–water partition coefficient (Wildman–Crippen LogP) is 1.80. The molecule has 0 N–H and O–H groups in total. The summed E-state index contributed by atoms with van der Waals surface area (Å²) >= 11 is 0. The van der Waals surface area contributed by atoms with Crippen molar-refractivity contribution < 1.29 is 4.79 Å². The molecule has 0 aromatic carbocycles. The third-order valence-corrected chi connectivity index (χ3v) is 3.31. The SMILES string of the molecule is CC1CCC(=O)N1CC1CCC1. The lowest BCUT2D eigenvalue weighted by Crippen LogP contribution is -2.37. The molecule has 0 aromatic rings. The van der Waals surface area contributed by atoms with Gasteiger partial charge in [0.2, 0.25) is 5.91 Å². The molecule has 0 radical (unpaired) electrons. The highest BCUT2D eigenvalue weighted by atomic mass is 16.2. The van der Waals surface area contributed by atoms with Crippen molar-refractivity contribution in [3.05, 3.63) is 0 Å². The Hall–Kier alpha value is -0.530. The summed E-state index contributed by atoms with van der Waals surface area (Å²) in [5.41, 5.74) is 0. The first-order valence-electron chi connectivity index (χ1n) is 5.07. The Morgan fingerprint density at radius 2 is 2.17 bits per heavy atom. The Morgan fingerprint density at radius 1 is 1.42 bits per heavy atom. The summed E-state index contributed by atoms with van der Waals surface area (Å²) in [6, 6.07) is 0.512. The Bertz CT molecular complexity index is 186. The minimum Gasteiger partial charge on any atom is -0.340 e. The molecule has 2 aliphatic rings. The van der Waals surface area contributed by atoms with Gasteiger partial charge in [0, 0.05) is 19.0 Å². The van der Waals surface area contributed by atoms with Gasteiger partial charge in [0.15, 0.2) is 0 Å². The minimum atomic E-state index is 0.384. The van der Waals surface area contributed by atoms with Gasteiger partial charge in [0.25, 0.3) is 0 Å². The molecule has 1 saturated carbocycles. The first-order chi connectivity index (χ1) is 5.77. The van der Waals surface area contributed by atoms with E-state index in [4.69, 9.17) is 0 Å². The van der Waals surface area contributed by atoms with Crippen molar-refractivity contribution in [1.29, 1.82) is 0 Å². The van der Waals surface area contributed by atoms with Gasteiger partial charge in [0.05, 0.1) is 0 Å². The number of carbonyl (C=O) groups is 1. The highest BCUT2D eigenvalue weighted by Gasteiger charge is 2.30. The highest BCUT2D eigenvalue weighted by Crippen LogP contribution is 2.30. The summed E-state index contributed by atoms with van der Waals surface area (Å²) in [7, 11) is 0. The Labute approximate surface area is 73.9 Å². The van der Waals surface area contributed by atoms with Gasteiger partial charge in [-0.25, -0.2) is 0 Å². The molecule has 1 atom stereocenters. The summed E-state index contributed by atoms with van der Waals surface area (Å²) in [6.07, 6.45) is 5.92. The number of rotatable bonds is 2. The maximum Gasteiger partial charge on any atom is 0.222 e. The molecule has 1 unspecified atom stereocenters. The van der Waals surface area contributed by atoms with Gasteiger partial charge in [-0.1, -0.05) is 6.42 Å². The predicted molar refractivity (Wildman–Crippen MR) is 47.8 cm³/mol. The average Bonchev–Trinajstić information content (AvgIpc) is 2.25. The third-order valence-electron chi connectivity index (χ3n) is 3.31. The first kappa shape index (κ1) is 8.09. The summed E-state index contributed by atoms with van der Waals surface area (Å²) in [5, 5.41) is 0. The van der Waals surface area contributed by atoms with E-state index in [0.29, 0.717) is 11.9 Å². The number of nitrogens with zero attached hydrogens (tertiary/aromatic N) is 1. The molecule has 0 bridgehead atoms. The molecule has 1 saturated heterocycles. The largest absolute Gasteiger partial charge is 0.340 e. The number of likely N-dealkylation sites (tertiary alicyclic amines) is 1. The van der Waals surface area contributed by atoms with Crippen LogP contribution in [0.25, 0.3) is 0 Å². The molecule has 1 aliphatic carbocycles. The van der Waals surface area contributed by atoms with E-state index in [1.165, 1.54) is 19.3 Å². The topological polar surface area (TPSA) is 20.3 Å². The van der Waals surface area contributed by atoms with E-state index in [1.54, 1.807) is 0 Å². The summed E-state index contributed by atoms with van der Waals surface area (Å²) in [4.78, 5) is 13.5. The monoisotopic (exact) mass is 167 g/mol. The van der Waals surface area contributed by atoms with E-state index < -0.39 is 0 Å². The smallest absolute Gasteiger partial charge is 0.222 e. The fourth-order valence-electron chi connectivity index (χ4n) is 2.11. The first-order valence-corrected chi connectivity index (χ1v) is 5.07. The van der Waals surface area contributed by atoms with Crippen LogP contribution in [0.3, 0.4) is 0 Å². The van der Waals surface area contributed by atoms with E-state index in [-0.39, 0.29) is 0 Å². The van der Waals surface area contributed by atoms with Crippen molar-refractivity contribution >= 4 is 5.91 Å². The van der Waals surface area contributed by atoms with Crippen molar-refractivity contribution in [3.8, 4) is 0 Å². The molecule has 2 heteroatoms. The number of amides is 1. The standard InChI is InChI=1S/C10H17NO/c1-8-5-6-10(12)11(8)7-9-3-2-4-9/h8-9H,2-7H2,1H3. The van der Waals surface area contributed by atoms with Crippen LogP contribution < -0.4 is 0 Å². The molecule has 2 nitrogen and oxygen atoms in total. The van der Waals surface area contributed by atoms with Crippen LogP contribution in [-0.2, 0) is 4.79 Å². The maximum atomic E-state index is 11.4. The van der Waals surface area contributed by atoms with Crippen LogP contribution in [0.4, 0.5) is 0 Å². The van der Waals surface area contributed by atoms with Gasteiger partial charge in [0.1, 0.15) is 0 Å². The normalized spacial score (nSPS) is 30.9. The molecule has 1 amide bonds. The van der Waals surface area contributed by atoms with E-state index >= 15 is 0 Å². The van der Waals surface area contributed by atoms with Gasteiger partial charge in [-0.15, -0.1) is 0 Å². The van der Waals surface area contributed by atoms with Crippen LogP contribution in [0.5, 0.6) is 0 Å². The number of hydrogen-bond donors (Lipinski definition) is 0. The van der Waals surface area contributed by atoms with Crippen molar-refractivity contribution in [3.63, 3.8) is 0 Å². The van der Waals surface area contributed by atoms with E-state index in [1.807, 2.05) is 0 Å². The van der Waals surface area contributed by atoms with Crippen LogP contribution in [-0.4, -0.2) is 23.4 Å². The van der Waals surface area contributed by atoms with Crippen LogP contribution >= 0.6 is 0 Å². The molecule has 0 spiro atoms. The van der Waals surface area contributed by atoms with Crippen molar-refractivity contribution in [2.45, 2.75) is 45.1 Å². The van der Waals surface area contributed by atoms with Gasteiger partial charge >= 0.3 is 0 Å². The molecule has 2 rings (SSSR count). The zero-order chi connectivity index (χ0) is 8.55. The molecular weight excluding hydrogens is 150 g/mol. The molecule has 2 fully saturated rings.